The van der Waals surface area contributed by atoms with Gasteiger partial charge in [0.25, 0.3) is 5.91 Å². The van der Waals surface area contributed by atoms with E-state index < -0.39 is 34.5 Å². The third kappa shape index (κ3) is 6.63. The number of hydrogen-bond acceptors (Lipinski definition) is 6. The van der Waals surface area contributed by atoms with E-state index in [2.05, 4.69) is 15.4 Å². The number of esters is 1. The lowest BCUT2D eigenvalue weighted by Crippen LogP contribution is -2.41. The van der Waals surface area contributed by atoms with E-state index in [1.807, 2.05) is 30.3 Å². The second-order valence-corrected chi connectivity index (χ2v) is 8.88. The zero-order valence-corrected chi connectivity index (χ0v) is 17.7. The van der Waals surface area contributed by atoms with Gasteiger partial charge in [-0.25, -0.2) is 22.7 Å². The smallest absolute Gasteiger partial charge is 0.338 e. The van der Waals surface area contributed by atoms with Crippen LogP contribution in [-0.2, 0) is 26.1 Å². The molecule has 1 aliphatic rings. The first kappa shape index (κ1) is 22.4. The fourth-order valence-corrected chi connectivity index (χ4v) is 4.00. The highest BCUT2D eigenvalue weighted by molar-refractivity contribution is 7.89. The van der Waals surface area contributed by atoms with Gasteiger partial charge in [-0.05, 0) is 43.0 Å². The van der Waals surface area contributed by atoms with Gasteiger partial charge in [0.1, 0.15) is 0 Å². The third-order valence-corrected chi connectivity index (χ3v) is 6.04. The van der Waals surface area contributed by atoms with Crippen molar-refractivity contribution in [2.75, 3.05) is 6.61 Å². The van der Waals surface area contributed by atoms with E-state index in [0.29, 0.717) is 5.56 Å². The van der Waals surface area contributed by atoms with E-state index in [0.717, 1.165) is 18.4 Å². The van der Waals surface area contributed by atoms with Crippen molar-refractivity contribution in [2.45, 2.75) is 37.2 Å². The summed E-state index contributed by atoms with van der Waals surface area (Å²) in [6, 6.07) is 12.5. The van der Waals surface area contributed by atoms with Gasteiger partial charge in [0, 0.05) is 12.6 Å². The number of ether oxygens (including phenoxy) is 1. The van der Waals surface area contributed by atoms with Crippen molar-refractivity contribution in [1.82, 2.24) is 15.4 Å². The molecule has 31 heavy (non-hydrogen) atoms. The first-order valence-electron chi connectivity index (χ1n) is 9.66. The maximum atomic E-state index is 12.4. The fraction of sp³-hybridized carbons (Fsp3) is 0.286. The molecule has 3 N–H and O–H groups in total. The topological polar surface area (TPSA) is 131 Å². The first-order valence-corrected chi connectivity index (χ1v) is 11.1. The van der Waals surface area contributed by atoms with Gasteiger partial charge in [0.2, 0.25) is 10.0 Å². The normalized spacial score (nSPS) is 13.3. The molecule has 0 radical (unpaired) electrons. The molecule has 1 saturated carbocycles. The number of imide groups is 1. The molecule has 3 amide bonds. The Kier molecular flexibility index (Phi) is 7.03. The van der Waals surface area contributed by atoms with Crippen molar-refractivity contribution in [1.29, 1.82) is 0 Å². The maximum absolute atomic E-state index is 12.4. The van der Waals surface area contributed by atoms with E-state index in [1.54, 1.807) is 6.92 Å². The minimum atomic E-state index is -3.74. The van der Waals surface area contributed by atoms with Gasteiger partial charge in [-0.2, -0.15) is 0 Å². The van der Waals surface area contributed by atoms with Crippen LogP contribution in [0.4, 0.5) is 4.79 Å². The molecule has 0 bridgehead atoms. The highest BCUT2D eigenvalue weighted by Crippen LogP contribution is 2.23. The summed E-state index contributed by atoms with van der Waals surface area (Å²) in [5, 5.41) is 4.58. The van der Waals surface area contributed by atoms with Crippen LogP contribution in [0.3, 0.4) is 0 Å². The number of urea groups is 1. The van der Waals surface area contributed by atoms with E-state index in [-0.39, 0.29) is 23.0 Å². The fourth-order valence-electron chi connectivity index (χ4n) is 2.67. The van der Waals surface area contributed by atoms with Crippen molar-refractivity contribution < 1.29 is 27.5 Å². The minimum Gasteiger partial charge on any atom is -0.452 e. The molecule has 0 unspecified atom stereocenters. The predicted octanol–water partition coefficient (Wildman–Crippen LogP) is 1.62. The number of sulfonamides is 1. The SMILES string of the molecule is Cc1ccc(S(=O)(=O)NC2CC2)cc1C(=O)OCC(=O)NC(=O)NCc1ccccc1. The molecule has 2 aromatic carbocycles. The number of aryl methyl sites for hydroxylation is 1. The van der Waals surface area contributed by atoms with E-state index >= 15 is 0 Å². The summed E-state index contributed by atoms with van der Waals surface area (Å²) in [4.78, 5) is 36.0. The van der Waals surface area contributed by atoms with Crippen LogP contribution in [-0.4, -0.2) is 39.0 Å². The lowest BCUT2D eigenvalue weighted by molar-refractivity contribution is -0.123. The molecule has 0 spiro atoms. The Labute approximate surface area is 180 Å². The van der Waals surface area contributed by atoms with Gasteiger partial charge in [-0.3, -0.25) is 10.1 Å². The molecule has 0 aromatic heterocycles. The Morgan fingerprint density at radius 1 is 1.06 bits per heavy atom. The molecule has 0 heterocycles. The molecular formula is C21H23N3O6S. The number of benzene rings is 2. The van der Waals surface area contributed by atoms with Gasteiger partial charge in [0.15, 0.2) is 6.61 Å². The largest absolute Gasteiger partial charge is 0.452 e. The Morgan fingerprint density at radius 3 is 2.45 bits per heavy atom. The second-order valence-electron chi connectivity index (χ2n) is 7.16. The van der Waals surface area contributed by atoms with Crippen molar-refractivity contribution in [2.24, 2.45) is 0 Å². The van der Waals surface area contributed by atoms with Crippen LogP contribution in [0.25, 0.3) is 0 Å². The highest BCUT2D eigenvalue weighted by atomic mass is 32.2. The van der Waals surface area contributed by atoms with Crippen LogP contribution in [0.15, 0.2) is 53.4 Å². The summed E-state index contributed by atoms with van der Waals surface area (Å²) in [7, 11) is -3.74. The summed E-state index contributed by atoms with van der Waals surface area (Å²) in [5.74, 6) is -1.67. The summed E-state index contributed by atoms with van der Waals surface area (Å²) in [6.45, 7) is 1.17. The van der Waals surface area contributed by atoms with Gasteiger partial charge >= 0.3 is 12.0 Å². The second kappa shape index (κ2) is 9.71. The van der Waals surface area contributed by atoms with Crippen molar-refractivity contribution >= 4 is 27.9 Å². The number of nitrogens with one attached hydrogen (secondary N) is 3. The first-order chi connectivity index (χ1) is 14.7. The molecule has 2 aromatic rings. The molecule has 9 nitrogen and oxygen atoms in total. The number of rotatable bonds is 8. The van der Waals surface area contributed by atoms with Crippen molar-refractivity contribution in [3.63, 3.8) is 0 Å². The van der Waals surface area contributed by atoms with Gasteiger partial charge in [-0.1, -0.05) is 36.4 Å². The van der Waals surface area contributed by atoms with Crippen LogP contribution < -0.4 is 15.4 Å². The van der Waals surface area contributed by atoms with Crippen LogP contribution in [0.5, 0.6) is 0 Å². The van der Waals surface area contributed by atoms with Crippen molar-refractivity contribution in [3.8, 4) is 0 Å². The van der Waals surface area contributed by atoms with E-state index in [9.17, 15) is 22.8 Å². The average Bonchev–Trinajstić information content (AvgIpc) is 3.54. The molecule has 0 aliphatic heterocycles. The summed E-state index contributed by atoms with van der Waals surface area (Å²) in [6.07, 6.45) is 1.57. The lowest BCUT2D eigenvalue weighted by atomic mass is 10.1. The number of carbonyl (C=O) groups is 3. The van der Waals surface area contributed by atoms with Crippen LogP contribution in [0.2, 0.25) is 0 Å². The number of amides is 3. The Balaban J connectivity index is 1.52. The summed E-state index contributed by atoms with van der Waals surface area (Å²) < 4.78 is 32.2. The monoisotopic (exact) mass is 445 g/mol. The standard InChI is InChI=1S/C21H23N3O6S/c1-14-7-10-17(31(28,29)24-16-8-9-16)11-18(14)20(26)30-13-19(25)23-21(27)22-12-15-5-3-2-4-6-15/h2-7,10-11,16,24H,8-9,12-13H2,1H3,(H2,22,23,25,27). The Bertz CT molecular complexity index is 1080. The molecule has 1 aliphatic carbocycles. The van der Waals surface area contributed by atoms with E-state index in [4.69, 9.17) is 4.74 Å². The number of carbonyl (C=O) groups excluding carboxylic acids is 3. The van der Waals surface area contributed by atoms with Crippen LogP contribution >= 0.6 is 0 Å². The van der Waals surface area contributed by atoms with Crippen molar-refractivity contribution in [3.05, 3.63) is 65.2 Å². The zero-order valence-electron chi connectivity index (χ0n) is 16.9. The molecule has 3 rings (SSSR count). The average molecular weight is 445 g/mol. The van der Waals surface area contributed by atoms with Crippen LogP contribution in [0.1, 0.15) is 34.3 Å². The maximum Gasteiger partial charge on any atom is 0.338 e. The number of hydrogen-bond donors (Lipinski definition) is 3. The molecule has 0 saturated heterocycles. The quantitative estimate of drug-likeness (QED) is 0.529. The summed E-state index contributed by atoms with van der Waals surface area (Å²) in [5.41, 5.74) is 1.38. The van der Waals surface area contributed by atoms with Gasteiger partial charge in [0.05, 0.1) is 10.5 Å². The van der Waals surface area contributed by atoms with Gasteiger partial charge in [-0.15, -0.1) is 0 Å². The molecular weight excluding hydrogens is 422 g/mol. The Hall–Kier alpha value is -3.24. The van der Waals surface area contributed by atoms with Crippen LogP contribution in [0, 0.1) is 6.92 Å². The Morgan fingerprint density at radius 2 is 1.77 bits per heavy atom. The molecule has 1 fully saturated rings. The minimum absolute atomic E-state index is 0.0278. The predicted molar refractivity (Wildman–Crippen MR) is 112 cm³/mol. The highest BCUT2D eigenvalue weighted by Gasteiger charge is 2.28. The lowest BCUT2D eigenvalue weighted by Gasteiger charge is -2.11. The zero-order chi connectivity index (χ0) is 22.4. The molecule has 0 atom stereocenters. The molecule has 10 heteroatoms. The summed E-state index contributed by atoms with van der Waals surface area (Å²) >= 11 is 0. The van der Waals surface area contributed by atoms with E-state index in [1.165, 1.54) is 18.2 Å². The van der Waals surface area contributed by atoms with Gasteiger partial charge < -0.3 is 10.1 Å². The third-order valence-electron chi connectivity index (χ3n) is 4.52. The molecule has 164 valence electrons.